The van der Waals surface area contributed by atoms with Crippen LogP contribution in [0.5, 0.6) is 0 Å². The Morgan fingerprint density at radius 3 is 2.62 bits per heavy atom. The lowest BCUT2D eigenvalue weighted by Gasteiger charge is -2.22. The fourth-order valence-corrected chi connectivity index (χ4v) is 5.55. The smallest absolute Gasteiger partial charge is 0.217 e. The van der Waals surface area contributed by atoms with Crippen LogP contribution in [0.3, 0.4) is 0 Å². The van der Waals surface area contributed by atoms with Gasteiger partial charge in [0.1, 0.15) is 0 Å². The molecule has 2 bridgehead atoms. The van der Waals surface area contributed by atoms with Gasteiger partial charge < -0.3 is 0 Å². The highest BCUT2D eigenvalue weighted by molar-refractivity contribution is 14.1. The van der Waals surface area contributed by atoms with Gasteiger partial charge in [0.15, 0.2) is 0 Å². The number of rotatable bonds is 1. The molecule has 0 amide bonds. The van der Waals surface area contributed by atoms with E-state index in [2.05, 4.69) is 22.6 Å². The SMILES string of the molecule is O=[N+]([O-])[C@@H]1C[C@@H]2C[C@H]3C[C@@H]2[C@@H]1[C@@H]3I. The van der Waals surface area contributed by atoms with Gasteiger partial charge in [-0.1, -0.05) is 22.6 Å². The van der Waals surface area contributed by atoms with Gasteiger partial charge in [0.25, 0.3) is 0 Å². The van der Waals surface area contributed by atoms with E-state index in [4.69, 9.17) is 0 Å². The summed E-state index contributed by atoms with van der Waals surface area (Å²) < 4.78 is 0.594. The van der Waals surface area contributed by atoms with Crippen molar-refractivity contribution in [2.75, 3.05) is 0 Å². The predicted molar refractivity (Wildman–Crippen MR) is 56.4 cm³/mol. The van der Waals surface area contributed by atoms with Crippen LogP contribution in [0.2, 0.25) is 0 Å². The fraction of sp³-hybridized carbons (Fsp3) is 1.00. The Labute approximate surface area is 90.6 Å². The number of hydrogen-bond donors (Lipinski definition) is 0. The molecule has 6 atom stereocenters. The highest BCUT2D eigenvalue weighted by Gasteiger charge is 2.63. The minimum atomic E-state index is -0.204. The monoisotopic (exact) mass is 293 g/mol. The van der Waals surface area contributed by atoms with Crippen molar-refractivity contribution in [2.24, 2.45) is 23.7 Å². The predicted octanol–water partition coefficient (Wildman–Crippen LogP) is 2.11. The third-order valence-electron chi connectivity index (χ3n) is 4.36. The maximum Gasteiger partial charge on any atom is 0.217 e. The Bertz CT molecular complexity index is 268. The number of nitrogens with zero attached hydrogens (tertiary/aromatic N) is 1. The summed E-state index contributed by atoms with van der Waals surface area (Å²) in [5.41, 5.74) is 0. The van der Waals surface area contributed by atoms with Gasteiger partial charge in [-0.25, -0.2) is 0 Å². The zero-order chi connectivity index (χ0) is 9.16. The lowest BCUT2D eigenvalue weighted by molar-refractivity contribution is -0.528. The molecule has 13 heavy (non-hydrogen) atoms. The minimum Gasteiger partial charge on any atom is -0.264 e. The second-order valence-corrected chi connectivity index (χ2v) is 6.20. The van der Waals surface area contributed by atoms with E-state index < -0.39 is 0 Å². The Hall–Kier alpha value is 0.130. The molecule has 0 radical (unpaired) electrons. The second-order valence-electron chi connectivity index (χ2n) is 4.77. The summed E-state index contributed by atoms with van der Waals surface area (Å²) in [4.78, 5) is 10.8. The van der Waals surface area contributed by atoms with Crippen LogP contribution in [0, 0.1) is 33.8 Å². The van der Waals surface area contributed by atoms with E-state index in [0.29, 0.717) is 21.7 Å². The number of alkyl halides is 1. The van der Waals surface area contributed by atoms with Crippen LogP contribution in [0.25, 0.3) is 0 Å². The summed E-state index contributed by atoms with van der Waals surface area (Å²) in [6, 6.07) is -0.204. The first-order valence-corrected chi connectivity index (χ1v) is 6.20. The molecule has 3 aliphatic carbocycles. The molecule has 4 heteroatoms. The first-order valence-electron chi connectivity index (χ1n) is 4.96. The quantitative estimate of drug-likeness (QED) is 0.322. The number of hydrogen-bond acceptors (Lipinski definition) is 2. The molecular weight excluding hydrogens is 281 g/mol. The normalized spacial score (nSPS) is 57.3. The molecule has 0 spiro atoms. The van der Waals surface area contributed by atoms with Crippen molar-refractivity contribution in [1.82, 2.24) is 0 Å². The average molecular weight is 293 g/mol. The van der Waals surface area contributed by atoms with Crippen molar-refractivity contribution in [3.8, 4) is 0 Å². The van der Waals surface area contributed by atoms with Crippen LogP contribution in [0.1, 0.15) is 19.3 Å². The van der Waals surface area contributed by atoms with Crippen LogP contribution in [-0.2, 0) is 0 Å². The molecule has 3 rings (SSSR count). The first-order chi connectivity index (χ1) is 6.18. The standard InChI is InChI=1S/C9H12INO2/c10-9-5-1-4-3-7(11(12)13)8(9)6(4)2-5/h4-9H,1-3H2/t4-,5-,6-,7+,8-,9+/m0/s1. The van der Waals surface area contributed by atoms with Crippen molar-refractivity contribution in [2.45, 2.75) is 29.2 Å². The topological polar surface area (TPSA) is 43.1 Å². The van der Waals surface area contributed by atoms with Crippen molar-refractivity contribution in [3.05, 3.63) is 10.1 Å². The van der Waals surface area contributed by atoms with Crippen LogP contribution in [0.15, 0.2) is 0 Å². The summed E-state index contributed by atoms with van der Waals surface area (Å²) in [6.07, 6.45) is 3.44. The molecule has 72 valence electrons. The van der Waals surface area contributed by atoms with Crippen LogP contribution in [0.4, 0.5) is 0 Å². The van der Waals surface area contributed by atoms with E-state index in [1.54, 1.807) is 0 Å². The van der Waals surface area contributed by atoms with Crippen molar-refractivity contribution in [3.63, 3.8) is 0 Å². The van der Waals surface area contributed by atoms with Gasteiger partial charge in [-0.2, -0.15) is 0 Å². The maximum absolute atomic E-state index is 10.9. The Balaban J connectivity index is 1.95. The minimum absolute atomic E-state index is 0.0168. The van der Waals surface area contributed by atoms with E-state index in [9.17, 15) is 10.1 Å². The Kier molecular flexibility index (Phi) is 1.68. The number of fused-ring (bicyclic) bond motifs is 1. The number of halogens is 1. The molecule has 0 aromatic rings. The summed E-state index contributed by atoms with van der Waals surface area (Å²) >= 11 is 2.46. The molecule has 3 saturated carbocycles. The number of nitro groups is 1. The van der Waals surface area contributed by atoms with Crippen LogP contribution < -0.4 is 0 Å². The van der Waals surface area contributed by atoms with Crippen molar-refractivity contribution < 1.29 is 4.92 Å². The van der Waals surface area contributed by atoms with Gasteiger partial charge in [-0.05, 0) is 30.6 Å². The van der Waals surface area contributed by atoms with E-state index in [-0.39, 0.29) is 11.0 Å². The van der Waals surface area contributed by atoms with Gasteiger partial charge in [0.2, 0.25) is 6.04 Å². The molecule has 0 heterocycles. The van der Waals surface area contributed by atoms with Crippen molar-refractivity contribution in [1.29, 1.82) is 0 Å². The second kappa shape index (κ2) is 2.58. The van der Waals surface area contributed by atoms with Crippen LogP contribution >= 0.6 is 22.6 Å². The van der Waals surface area contributed by atoms with Crippen molar-refractivity contribution >= 4 is 22.6 Å². The van der Waals surface area contributed by atoms with E-state index >= 15 is 0 Å². The van der Waals surface area contributed by atoms with Gasteiger partial charge in [-0.3, -0.25) is 10.1 Å². The fourth-order valence-electron chi connectivity index (χ4n) is 3.95. The van der Waals surface area contributed by atoms with E-state index in [1.165, 1.54) is 12.8 Å². The largest absolute Gasteiger partial charge is 0.264 e. The molecule has 0 N–H and O–H groups in total. The molecule has 3 fully saturated rings. The molecule has 3 aliphatic rings. The van der Waals surface area contributed by atoms with Gasteiger partial charge in [-0.15, -0.1) is 0 Å². The summed E-state index contributed by atoms with van der Waals surface area (Å²) in [6.45, 7) is 0. The third kappa shape index (κ3) is 0.954. The highest BCUT2D eigenvalue weighted by Crippen LogP contribution is 2.62. The lowest BCUT2D eigenvalue weighted by Crippen LogP contribution is -2.31. The molecule has 0 aliphatic heterocycles. The highest BCUT2D eigenvalue weighted by atomic mass is 127. The average Bonchev–Trinajstić information content (AvgIpc) is 2.60. The van der Waals surface area contributed by atoms with E-state index in [1.807, 2.05) is 0 Å². The zero-order valence-corrected chi connectivity index (χ0v) is 9.38. The van der Waals surface area contributed by atoms with Gasteiger partial charge >= 0.3 is 0 Å². The first kappa shape index (κ1) is 8.44. The molecule has 0 saturated heterocycles. The van der Waals surface area contributed by atoms with E-state index in [0.717, 1.165) is 12.3 Å². The van der Waals surface area contributed by atoms with Gasteiger partial charge in [0, 0.05) is 21.2 Å². The summed E-state index contributed by atoms with van der Waals surface area (Å²) in [5.74, 6) is 2.64. The molecule has 0 aromatic heterocycles. The summed E-state index contributed by atoms with van der Waals surface area (Å²) in [5, 5.41) is 10.9. The lowest BCUT2D eigenvalue weighted by atomic mass is 9.88. The Morgan fingerprint density at radius 2 is 2.00 bits per heavy atom. The van der Waals surface area contributed by atoms with Gasteiger partial charge in [0.05, 0.1) is 0 Å². The van der Waals surface area contributed by atoms with Crippen LogP contribution in [-0.4, -0.2) is 14.9 Å². The maximum atomic E-state index is 10.9. The zero-order valence-electron chi connectivity index (χ0n) is 7.23. The molecule has 3 nitrogen and oxygen atoms in total. The molecule has 0 aromatic carbocycles. The molecule has 0 unspecified atom stereocenters. The molecular formula is C9H12INO2. The summed E-state index contributed by atoms with van der Waals surface area (Å²) in [7, 11) is 0. The third-order valence-corrected chi connectivity index (χ3v) is 6.21. The Morgan fingerprint density at radius 1 is 1.23 bits per heavy atom.